The maximum atomic E-state index is 13.7. The summed E-state index contributed by atoms with van der Waals surface area (Å²) in [5.41, 5.74) is 7.34. The molecule has 8 heteroatoms. The molecule has 1 saturated carbocycles. The Hall–Kier alpha value is -3.42. The molecule has 182 valence electrons. The van der Waals surface area contributed by atoms with Gasteiger partial charge in [0.15, 0.2) is 17.5 Å². The van der Waals surface area contributed by atoms with Crippen molar-refractivity contribution < 1.29 is 18.7 Å². The van der Waals surface area contributed by atoms with Crippen molar-refractivity contribution >= 4 is 17.8 Å². The number of carbonyl (C=O) groups is 2. The van der Waals surface area contributed by atoms with Crippen molar-refractivity contribution in [1.82, 2.24) is 10.2 Å². The van der Waals surface area contributed by atoms with Gasteiger partial charge < -0.3 is 15.8 Å². The lowest BCUT2D eigenvalue weighted by molar-refractivity contribution is -0.137. The third-order valence-electron chi connectivity index (χ3n) is 6.28. The molecule has 0 spiro atoms. The predicted octanol–water partition coefficient (Wildman–Crippen LogP) is 3.75. The van der Waals surface area contributed by atoms with Gasteiger partial charge in [0, 0.05) is 19.4 Å². The van der Waals surface area contributed by atoms with Crippen molar-refractivity contribution in [2.45, 2.75) is 57.5 Å². The van der Waals surface area contributed by atoms with Crippen molar-refractivity contribution in [3.63, 3.8) is 0 Å². The van der Waals surface area contributed by atoms with Crippen LogP contribution in [0, 0.1) is 17.1 Å². The number of nitrogens with zero attached hydrogens (tertiary/aromatic N) is 1. The van der Waals surface area contributed by atoms with E-state index in [1.165, 1.54) is 25.7 Å². The Morgan fingerprint density at radius 2 is 1.85 bits per heavy atom. The fourth-order valence-corrected chi connectivity index (χ4v) is 4.47. The van der Waals surface area contributed by atoms with Crippen LogP contribution in [-0.2, 0) is 22.6 Å². The number of methoxy groups -OCH3 is 1. The molecule has 3 rings (SSSR count). The van der Waals surface area contributed by atoms with E-state index >= 15 is 0 Å². The highest BCUT2D eigenvalue weighted by Gasteiger charge is 2.33. The Kier molecular flexibility index (Phi) is 9.01. The average Bonchev–Trinajstić information content (AvgIpc) is 2.84. The molecule has 2 aromatic carbocycles. The molecule has 0 bridgehead atoms. The highest BCUT2D eigenvalue weighted by Crippen LogP contribution is 2.27. The molecule has 0 aliphatic heterocycles. The van der Waals surface area contributed by atoms with E-state index in [9.17, 15) is 14.0 Å². The van der Waals surface area contributed by atoms with Gasteiger partial charge in [0.1, 0.15) is 6.04 Å². The summed E-state index contributed by atoms with van der Waals surface area (Å²) in [5.74, 6) is -1.34. The second-order valence-corrected chi connectivity index (χ2v) is 8.75. The molecule has 0 unspecified atom stereocenters. The number of rotatable bonds is 9. The van der Waals surface area contributed by atoms with Crippen molar-refractivity contribution in [3.8, 4) is 5.75 Å². The lowest BCUT2D eigenvalue weighted by atomic mass is 9.86. The topological polar surface area (TPSA) is 109 Å². The smallest absolute Gasteiger partial charge is 0.243 e. The van der Waals surface area contributed by atoms with E-state index in [2.05, 4.69) is 5.32 Å². The van der Waals surface area contributed by atoms with Crippen LogP contribution >= 0.6 is 0 Å². The van der Waals surface area contributed by atoms with Crippen LogP contribution in [-0.4, -0.2) is 35.8 Å². The van der Waals surface area contributed by atoms with Crippen LogP contribution in [0.1, 0.15) is 49.7 Å². The highest BCUT2D eigenvalue weighted by molar-refractivity contribution is 6.00. The number of halogens is 1. The second kappa shape index (κ2) is 12.2. The van der Waals surface area contributed by atoms with E-state index in [1.807, 2.05) is 30.3 Å². The quantitative estimate of drug-likeness (QED) is 0.385. The number of guanidine groups is 1. The number of amides is 2. The minimum Gasteiger partial charge on any atom is -0.494 e. The summed E-state index contributed by atoms with van der Waals surface area (Å²) in [6.45, 7) is 0.114. The van der Waals surface area contributed by atoms with Crippen LogP contribution in [0.4, 0.5) is 4.39 Å². The summed E-state index contributed by atoms with van der Waals surface area (Å²) in [7, 11) is 1.37. The Balaban J connectivity index is 1.79. The van der Waals surface area contributed by atoms with E-state index in [0.29, 0.717) is 5.56 Å². The summed E-state index contributed by atoms with van der Waals surface area (Å²) < 4.78 is 18.7. The molecule has 1 fully saturated rings. The van der Waals surface area contributed by atoms with Gasteiger partial charge in [0.2, 0.25) is 11.8 Å². The number of nitrogens with one attached hydrogen (secondary N) is 2. The molecule has 0 aromatic heterocycles. The molecule has 1 aliphatic rings. The summed E-state index contributed by atoms with van der Waals surface area (Å²) in [5, 5.41) is 10.9. The van der Waals surface area contributed by atoms with Gasteiger partial charge >= 0.3 is 0 Å². The highest BCUT2D eigenvalue weighted by atomic mass is 19.1. The van der Waals surface area contributed by atoms with Gasteiger partial charge in [-0.2, -0.15) is 0 Å². The zero-order valence-corrected chi connectivity index (χ0v) is 19.6. The summed E-state index contributed by atoms with van der Waals surface area (Å²) in [4.78, 5) is 27.7. The number of hydrogen-bond donors (Lipinski definition) is 3. The van der Waals surface area contributed by atoms with Gasteiger partial charge in [-0.1, -0.05) is 55.7 Å². The Morgan fingerprint density at radius 1 is 1.15 bits per heavy atom. The first-order valence-electron chi connectivity index (χ1n) is 11.7. The number of ether oxygens (including phenoxy) is 1. The van der Waals surface area contributed by atoms with Gasteiger partial charge in [-0.05, 0) is 42.0 Å². The fraction of sp³-hybridized carbons (Fsp3) is 0.423. The number of carbonyl (C=O) groups excluding carboxylic acids is 2. The molecular weight excluding hydrogens is 435 g/mol. The van der Waals surface area contributed by atoms with Gasteiger partial charge in [0.25, 0.3) is 0 Å². The molecule has 2 aromatic rings. The predicted molar refractivity (Wildman–Crippen MR) is 129 cm³/mol. The largest absolute Gasteiger partial charge is 0.494 e. The van der Waals surface area contributed by atoms with Crippen LogP contribution in [0.15, 0.2) is 48.5 Å². The molecule has 0 radical (unpaired) electrons. The van der Waals surface area contributed by atoms with Crippen molar-refractivity contribution in [3.05, 3.63) is 65.5 Å². The van der Waals surface area contributed by atoms with Gasteiger partial charge in [-0.15, -0.1) is 0 Å². The van der Waals surface area contributed by atoms with E-state index < -0.39 is 23.7 Å². The molecule has 7 nitrogen and oxygen atoms in total. The zero-order valence-electron chi connectivity index (χ0n) is 19.6. The van der Waals surface area contributed by atoms with E-state index in [0.717, 1.165) is 36.1 Å². The first-order valence-corrected chi connectivity index (χ1v) is 11.7. The van der Waals surface area contributed by atoms with E-state index in [-0.39, 0.29) is 37.0 Å². The van der Waals surface area contributed by atoms with Crippen LogP contribution in [0.5, 0.6) is 5.75 Å². The molecule has 2 amide bonds. The van der Waals surface area contributed by atoms with Crippen LogP contribution in [0.2, 0.25) is 0 Å². The second-order valence-electron chi connectivity index (χ2n) is 8.75. The Morgan fingerprint density at radius 3 is 2.50 bits per heavy atom. The van der Waals surface area contributed by atoms with Crippen molar-refractivity contribution in [2.24, 2.45) is 11.7 Å². The third-order valence-corrected chi connectivity index (χ3v) is 6.28. The van der Waals surface area contributed by atoms with Crippen LogP contribution in [0.25, 0.3) is 0 Å². The van der Waals surface area contributed by atoms with Crippen molar-refractivity contribution in [1.29, 1.82) is 5.41 Å². The SMILES string of the molecule is COc1cc(CNC(=O)[C@@H](Cc2ccccc2)N(C(=N)N)C(=O)CC2CCCCC2)ccc1F. The minimum atomic E-state index is -0.974. The van der Waals surface area contributed by atoms with Gasteiger partial charge in [-0.3, -0.25) is 19.9 Å². The molecule has 0 heterocycles. The summed E-state index contributed by atoms with van der Waals surface area (Å²) >= 11 is 0. The average molecular weight is 469 g/mol. The number of nitrogens with two attached hydrogens (primary N) is 1. The van der Waals surface area contributed by atoms with Crippen LogP contribution in [0.3, 0.4) is 0 Å². The normalized spacial score (nSPS) is 14.8. The zero-order chi connectivity index (χ0) is 24.5. The third kappa shape index (κ3) is 6.79. The molecule has 34 heavy (non-hydrogen) atoms. The molecular formula is C26H33FN4O3. The maximum Gasteiger partial charge on any atom is 0.243 e. The van der Waals surface area contributed by atoms with Gasteiger partial charge in [-0.25, -0.2) is 4.39 Å². The Labute approximate surface area is 200 Å². The van der Waals surface area contributed by atoms with Crippen molar-refractivity contribution in [2.75, 3.05) is 7.11 Å². The first-order chi connectivity index (χ1) is 16.4. The first kappa shape index (κ1) is 25.2. The minimum absolute atomic E-state index is 0.0839. The molecule has 1 aliphatic carbocycles. The number of hydrogen-bond acceptors (Lipinski definition) is 4. The Bertz CT molecular complexity index is 993. The van der Waals surface area contributed by atoms with E-state index in [1.54, 1.807) is 6.07 Å². The summed E-state index contributed by atoms with van der Waals surface area (Å²) in [6.07, 6.45) is 5.79. The fourth-order valence-electron chi connectivity index (χ4n) is 4.47. The number of benzene rings is 2. The van der Waals surface area contributed by atoms with Crippen LogP contribution < -0.4 is 15.8 Å². The molecule has 1 atom stereocenters. The van der Waals surface area contributed by atoms with Gasteiger partial charge in [0.05, 0.1) is 7.11 Å². The maximum absolute atomic E-state index is 13.7. The lowest BCUT2D eigenvalue weighted by Gasteiger charge is -2.31. The summed E-state index contributed by atoms with van der Waals surface area (Å²) in [6, 6.07) is 12.7. The molecule has 4 N–H and O–H groups in total. The monoisotopic (exact) mass is 468 g/mol. The standard InChI is InChI=1S/C26H33FN4O3/c1-34-23-15-20(12-13-21(23)27)17-30-25(33)22(14-18-8-4-2-5-9-18)31(26(28)29)24(32)16-19-10-6-3-7-11-19/h2,4-5,8-9,12-13,15,19,22H,3,6-7,10-11,14,16-17H2,1H3,(H3,28,29)(H,30,33)/t22-/m1/s1. The molecule has 0 saturated heterocycles. The van der Waals surface area contributed by atoms with E-state index in [4.69, 9.17) is 15.9 Å². The lowest BCUT2D eigenvalue weighted by Crippen LogP contribution is -2.55.